The van der Waals surface area contributed by atoms with Gasteiger partial charge in [-0.05, 0) is 24.0 Å². The van der Waals surface area contributed by atoms with E-state index in [1.165, 1.54) is 0 Å². The summed E-state index contributed by atoms with van der Waals surface area (Å²) in [6.07, 6.45) is 2.38. The van der Waals surface area contributed by atoms with Gasteiger partial charge in [-0.1, -0.05) is 24.3 Å². The van der Waals surface area contributed by atoms with Crippen LogP contribution in [0, 0.1) is 0 Å². The minimum atomic E-state index is -0.147. The monoisotopic (exact) mass is 261 g/mol. The molecule has 2 rings (SSSR count). The minimum Gasteiger partial charge on any atom is -0.352 e. The predicted octanol–water partition coefficient (Wildman–Crippen LogP) is 0.0826. The number of carbonyl (C=O) groups excluding carboxylic acids is 2. The van der Waals surface area contributed by atoms with Crippen molar-refractivity contribution in [3.8, 4) is 0 Å². The van der Waals surface area contributed by atoms with Crippen molar-refractivity contribution in [3.05, 3.63) is 35.4 Å². The van der Waals surface area contributed by atoms with Gasteiger partial charge in [0.25, 0.3) is 0 Å². The molecule has 0 spiro atoms. The number of rotatable bonds is 6. The molecule has 0 unspecified atom stereocenters. The van der Waals surface area contributed by atoms with Crippen molar-refractivity contribution in [2.45, 2.75) is 31.8 Å². The first-order valence-electron chi connectivity index (χ1n) is 6.51. The van der Waals surface area contributed by atoms with Gasteiger partial charge in [0.1, 0.15) is 0 Å². The fourth-order valence-electron chi connectivity index (χ4n) is 1.73. The predicted molar refractivity (Wildman–Crippen MR) is 72.2 cm³/mol. The molecule has 5 heteroatoms. The summed E-state index contributed by atoms with van der Waals surface area (Å²) >= 11 is 0. The molecule has 0 radical (unpaired) electrons. The van der Waals surface area contributed by atoms with Crippen LogP contribution in [0.2, 0.25) is 0 Å². The van der Waals surface area contributed by atoms with Gasteiger partial charge in [0.2, 0.25) is 11.8 Å². The Morgan fingerprint density at radius 3 is 2.32 bits per heavy atom. The summed E-state index contributed by atoms with van der Waals surface area (Å²) in [4.78, 5) is 23.1. The average molecular weight is 261 g/mol. The Morgan fingerprint density at radius 1 is 1.11 bits per heavy atom. The Hall–Kier alpha value is -1.88. The molecular formula is C14H19N3O2. The summed E-state index contributed by atoms with van der Waals surface area (Å²) in [5, 5.41) is 5.44. The van der Waals surface area contributed by atoms with E-state index in [-0.39, 0.29) is 24.8 Å². The van der Waals surface area contributed by atoms with Crippen LogP contribution in [-0.2, 0) is 22.6 Å². The number of nitrogens with two attached hydrogens (primary N) is 1. The van der Waals surface area contributed by atoms with E-state index in [2.05, 4.69) is 10.6 Å². The summed E-state index contributed by atoms with van der Waals surface area (Å²) in [5.74, 6) is -0.263. The molecule has 1 aliphatic rings. The molecule has 0 heterocycles. The third kappa shape index (κ3) is 4.71. The molecule has 1 aliphatic carbocycles. The number of nitrogens with one attached hydrogen (secondary N) is 2. The van der Waals surface area contributed by atoms with E-state index in [4.69, 9.17) is 5.73 Å². The van der Waals surface area contributed by atoms with Crippen LogP contribution in [0.1, 0.15) is 24.0 Å². The molecule has 0 aromatic heterocycles. The van der Waals surface area contributed by atoms with Crippen molar-refractivity contribution >= 4 is 11.8 Å². The van der Waals surface area contributed by atoms with Crippen LogP contribution in [0.25, 0.3) is 0 Å². The van der Waals surface area contributed by atoms with E-state index in [0.29, 0.717) is 12.6 Å². The molecule has 102 valence electrons. The average Bonchev–Trinajstić information content (AvgIpc) is 3.21. The van der Waals surface area contributed by atoms with E-state index < -0.39 is 0 Å². The van der Waals surface area contributed by atoms with Gasteiger partial charge in [-0.2, -0.15) is 0 Å². The lowest BCUT2D eigenvalue weighted by Crippen LogP contribution is -2.38. The molecule has 1 fully saturated rings. The maximum Gasteiger partial charge on any atom is 0.239 e. The number of hydrogen-bond donors (Lipinski definition) is 3. The van der Waals surface area contributed by atoms with Crippen molar-refractivity contribution in [1.82, 2.24) is 10.6 Å². The first kappa shape index (κ1) is 13.5. The van der Waals surface area contributed by atoms with Crippen molar-refractivity contribution in [2.75, 3.05) is 6.54 Å². The molecule has 0 saturated heterocycles. The van der Waals surface area contributed by atoms with E-state index in [1.807, 2.05) is 24.3 Å². The van der Waals surface area contributed by atoms with Crippen LogP contribution in [0.15, 0.2) is 24.3 Å². The van der Waals surface area contributed by atoms with E-state index >= 15 is 0 Å². The third-order valence-corrected chi connectivity index (χ3v) is 3.01. The summed E-state index contributed by atoms with van der Waals surface area (Å²) < 4.78 is 0. The van der Waals surface area contributed by atoms with Crippen molar-refractivity contribution < 1.29 is 9.59 Å². The van der Waals surface area contributed by atoms with Gasteiger partial charge in [0, 0.05) is 12.6 Å². The molecule has 0 bridgehead atoms. The lowest BCUT2D eigenvalue weighted by Gasteiger charge is -2.06. The lowest BCUT2D eigenvalue weighted by atomic mass is 10.1. The highest BCUT2D eigenvalue weighted by atomic mass is 16.2. The summed E-state index contributed by atoms with van der Waals surface area (Å²) in [5.41, 5.74) is 7.45. The van der Waals surface area contributed by atoms with Gasteiger partial charge in [-0.15, -0.1) is 0 Å². The fourth-order valence-corrected chi connectivity index (χ4v) is 1.73. The molecule has 2 amide bonds. The zero-order chi connectivity index (χ0) is 13.7. The van der Waals surface area contributed by atoms with E-state index in [9.17, 15) is 9.59 Å². The largest absolute Gasteiger partial charge is 0.352 e. The molecule has 1 aromatic carbocycles. The highest BCUT2D eigenvalue weighted by molar-refractivity contribution is 5.85. The van der Waals surface area contributed by atoms with E-state index in [1.54, 1.807) is 0 Å². The maximum absolute atomic E-state index is 11.7. The van der Waals surface area contributed by atoms with Gasteiger partial charge in [-0.25, -0.2) is 0 Å². The highest BCUT2D eigenvalue weighted by Crippen LogP contribution is 2.18. The van der Waals surface area contributed by atoms with Gasteiger partial charge in [0.05, 0.1) is 13.0 Å². The van der Waals surface area contributed by atoms with Crippen LogP contribution in [0.3, 0.4) is 0 Å². The van der Waals surface area contributed by atoms with Crippen molar-refractivity contribution in [1.29, 1.82) is 0 Å². The Balaban J connectivity index is 1.71. The molecule has 5 nitrogen and oxygen atoms in total. The molecule has 1 saturated carbocycles. The number of benzene rings is 1. The first-order chi connectivity index (χ1) is 9.17. The van der Waals surface area contributed by atoms with E-state index in [0.717, 1.165) is 24.0 Å². The molecule has 1 aromatic rings. The van der Waals surface area contributed by atoms with Crippen LogP contribution >= 0.6 is 0 Å². The molecule has 0 atom stereocenters. The number of hydrogen-bond acceptors (Lipinski definition) is 3. The fraction of sp³-hybridized carbons (Fsp3) is 0.429. The molecule has 0 aliphatic heterocycles. The zero-order valence-electron chi connectivity index (χ0n) is 10.8. The summed E-state index contributed by atoms with van der Waals surface area (Å²) in [6.45, 7) is 0.546. The van der Waals surface area contributed by atoms with Crippen LogP contribution in [0.4, 0.5) is 0 Å². The van der Waals surface area contributed by atoms with Crippen LogP contribution in [-0.4, -0.2) is 24.4 Å². The summed E-state index contributed by atoms with van der Waals surface area (Å²) in [6, 6.07) is 7.90. The zero-order valence-corrected chi connectivity index (χ0v) is 10.8. The first-order valence-corrected chi connectivity index (χ1v) is 6.51. The molecule has 19 heavy (non-hydrogen) atoms. The Kier molecular flexibility index (Phi) is 4.52. The standard InChI is InChI=1S/C14H19N3O2/c15-8-11-3-1-10(2-4-11)7-13(18)16-9-14(19)17-12-5-6-12/h1-4,12H,5-9,15H2,(H,16,18)(H,17,19). The van der Waals surface area contributed by atoms with Gasteiger partial charge < -0.3 is 16.4 Å². The highest BCUT2D eigenvalue weighted by Gasteiger charge is 2.23. The maximum atomic E-state index is 11.7. The Labute approximate surface area is 112 Å². The third-order valence-electron chi connectivity index (χ3n) is 3.01. The summed E-state index contributed by atoms with van der Waals surface area (Å²) in [7, 11) is 0. The van der Waals surface area contributed by atoms with Crippen molar-refractivity contribution in [2.24, 2.45) is 5.73 Å². The second-order valence-corrected chi connectivity index (χ2v) is 4.82. The SMILES string of the molecule is NCc1ccc(CC(=O)NCC(=O)NC2CC2)cc1. The number of amides is 2. The number of carbonyl (C=O) groups is 2. The molecule has 4 N–H and O–H groups in total. The van der Waals surface area contributed by atoms with Gasteiger partial charge >= 0.3 is 0 Å². The topological polar surface area (TPSA) is 84.2 Å². The Bertz CT molecular complexity index is 452. The van der Waals surface area contributed by atoms with Crippen LogP contribution < -0.4 is 16.4 Å². The van der Waals surface area contributed by atoms with Crippen LogP contribution in [0.5, 0.6) is 0 Å². The lowest BCUT2D eigenvalue weighted by molar-refractivity contribution is -0.125. The molecular weight excluding hydrogens is 242 g/mol. The second-order valence-electron chi connectivity index (χ2n) is 4.82. The second kappa shape index (κ2) is 6.33. The normalized spacial score (nSPS) is 13.9. The smallest absolute Gasteiger partial charge is 0.239 e. The Morgan fingerprint density at radius 2 is 1.74 bits per heavy atom. The van der Waals surface area contributed by atoms with Gasteiger partial charge in [-0.3, -0.25) is 9.59 Å². The van der Waals surface area contributed by atoms with Gasteiger partial charge in [0.15, 0.2) is 0 Å². The van der Waals surface area contributed by atoms with Crippen molar-refractivity contribution in [3.63, 3.8) is 0 Å². The quantitative estimate of drug-likeness (QED) is 0.678. The minimum absolute atomic E-state index is 0.0518.